The summed E-state index contributed by atoms with van der Waals surface area (Å²) in [5.74, 6) is 0.822. The summed E-state index contributed by atoms with van der Waals surface area (Å²) < 4.78 is 0. The van der Waals surface area contributed by atoms with E-state index in [1.165, 1.54) is 32.1 Å². The van der Waals surface area contributed by atoms with Crippen LogP contribution in [0.3, 0.4) is 0 Å². The van der Waals surface area contributed by atoms with Gasteiger partial charge in [0.15, 0.2) is 0 Å². The first-order valence-corrected chi connectivity index (χ1v) is 4.78. The molecule has 0 aliphatic heterocycles. The van der Waals surface area contributed by atoms with Crippen LogP contribution in [0.2, 0.25) is 0 Å². The molecule has 1 aliphatic rings. The van der Waals surface area contributed by atoms with Crippen LogP contribution in [0.4, 0.5) is 0 Å². The molecule has 0 amide bonds. The first-order chi connectivity index (χ1) is 5.43. The lowest BCUT2D eigenvalue weighted by molar-refractivity contribution is 0.0120. The van der Waals surface area contributed by atoms with Crippen LogP contribution >= 0.6 is 0 Å². The van der Waals surface area contributed by atoms with Crippen molar-refractivity contribution in [3.63, 3.8) is 0 Å². The Morgan fingerprint density at radius 3 is 2.64 bits per heavy atom. The highest BCUT2D eigenvalue weighted by Crippen LogP contribution is 2.23. The first-order valence-electron chi connectivity index (χ1n) is 4.78. The molecule has 0 aromatic rings. The average molecular weight is 157 g/mol. The van der Waals surface area contributed by atoms with Crippen LogP contribution in [0.1, 0.15) is 39.0 Å². The van der Waals surface area contributed by atoms with Crippen molar-refractivity contribution in [2.24, 2.45) is 5.92 Å². The summed E-state index contributed by atoms with van der Waals surface area (Å²) >= 11 is 0. The highest BCUT2D eigenvalue weighted by Gasteiger charge is 2.12. The molecule has 11 heavy (non-hydrogen) atoms. The third-order valence-corrected chi connectivity index (χ3v) is 2.29. The first kappa shape index (κ1) is 9.01. The van der Waals surface area contributed by atoms with Gasteiger partial charge in [-0.2, -0.15) is 0 Å². The van der Waals surface area contributed by atoms with Gasteiger partial charge in [-0.1, -0.05) is 26.2 Å². The number of hydrogen-bond acceptors (Lipinski definition) is 2. The zero-order chi connectivity index (χ0) is 7.94. The fourth-order valence-electron chi connectivity index (χ4n) is 1.63. The van der Waals surface area contributed by atoms with Gasteiger partial charge in [-0.3, -0.25) is 0 Å². The lowest BCUT2D eigenvalue weighted by Gasteiger charge is -2.20. The van der Waals surface area contributed by atoms with Crippen LogP contribution in [0.25, 0.3) is 0 Å². The van der Waals surface area contributed by atoms with E-state index in [4.69, 9.17) is 4.84 Å². The van der Waals surface area contributed by atoms with Crippen molar-refractivity contribution in [2.75, 3.05) is 13.2 Å². The largest absolute Gasteiger partial charge is 0.302 e. The minimum atomic E-state index is 0.822. The van der Waals surface area contributed by atoms with Gasteiger partial charge in [-0.25, -0.2) is 5.48 Å². The van der Waals surface area contributed by atoms with E-state index in [0.717, 1.165) is 19.1 Å². The average Bonchev–Trinajstić information content (AvgIpc) is 2.07. The molecular formula is C9H19NO. The third kappa shape index (κ3) is 3.73. The van der Waals surface area contributed by atoms with Crippen LogP contribution in [-0.4, -0.2) is 13.2 Å². The predicted molar refractivity (Wildman–Crippen MR) is 46.2 cm³/mol. The van der Waals surface area contributed by atoms with E-state index in [1.54, 1.807) is 0 Å². The molecule has 1 saturated carbocycles. The second-order valence-electron chi connectivity index (χ2n) is 3.31. The van der Waals surface area contributed by atoms with E-state index in [0.29, 0.717) is 0 Å². The molecule has 0 heterocycles. The smallest absolute Gasteiger partial charge is 0.0710 e. The molecular weight excluding hydrogens is 138 g/mol. The normalized spacial score (nSPS) is 20.5. The summed E-state index contributed by atoms with van der Waals surface area (Å²) in [6, 6.07) is 0. The summed E-state index contributed by atoms with van der Waals surface area (Å²) in [4.78, 5) is 5.27. The minimum Gasteiger partial charge on any atom is -0.302 e. The fourth-order valence-corrected chi connectivity index (χ4v) is 1.63. The van der Waals surface area contributed by atoms with Gasteiger partial charge in [0.2, 0.25) is 0 Å². The van der Waals surface area contributed by atoms with Crippen molar-refractivity contribution in [1.82, 2.24) is 5.48 Å². The van der Waals surface area contributed by atoms with Crippen molar-refractivity contribution < 1.29 is 4.84 Å². The van der Waals surface area contributed by atoms with Crippen molar-refractivity contribution in [3.8, 4) is 0 Å². The molecule has 66 valence electrons. The Morgan fingerprint density at radius 1 is 1.27 bits per heavy atom. The van der Waals surface area contributed by atoms with Crippen molar-refractivity contribution in [2.45, 2.75) is 39.0 Å². The topological polar surface area (TPSA) is 21.3 Å². The molecule has 2 heteroatoms. The quantitative estimate of drug-likeness (QED) is 0.498. The molecule has 1 N–H and O–H groups in total. The standard InChI is InChI=1S/C9H19NO/c1-2-10-11-8-9-6-4-3-5-7-9/h9-10H,2-8H2,1H3. The van der Waals surface area contributed by atoms with Gasteiger partial charge < -0.3 is 4.84 Å². The Labute approximate surface area is 69.3 Å². The number of hydroxylamine groups is 1. The SMILES string of the molecule is CCNOCC1CCCCC1. The monoisotopic (exact) mass is 157 g/mol. The van der Waals surface area contributed by atoms with Gasteiger partial charge >= 0.3 is 0 Å². The highest BCUT2D eigenvalue weighted by atomic mass is 16.6. The maximum absolute atomic E-state index is 5.27. The van der Waals surface area contributed by atoms with E-state index in [1.807, 2.05) is 0 Å². The zero-order valence-electron chi connectivity index (χ0n) is 7.44. The van der Waals surface area contributed by atoms with Crippen molar-refractivity contribution in [3.05, 3.63) is 0 Å². The van der Waals surface area contributed by atoms with Crippen LogP contribution in [0.5, 0.6) is 0 Å². The van der Waals surface area contributed by atoms with Crippen LogP contribution in [0.15, 0.2) is 0 Å². The van der Waals surface area contributed by atoms with Crippen LogP contribution in [-0.2, 0) is 4.84 Å². The van der Waals surface area contributed by atoms with Crippen molar-refractivity contribution in [1.29, 1.82) is 0 Å². The number of hydrogen-bond donors (Lipinski definition) is 1. The molecule has 0 unspecified atom stereocenters. The lowest BCUT2D eigenvalue weighted by atomic mass is 9.90. The molecule has 0 aromatic carbocycles. The summed E-state index contributed by atoms with van der Waals surface area (Å²) in [6.07, 6.45) is 6.97. The molecule has 0 saturated heterocycles. The molecule has 0 radical (unpaired) electrons. The molecule has 1 fully saturated rings. The summed E-state index contributed by atoms with van der Waals surface area (Å²) in [6.45, 7) is 3.88. The van der Waals surface area contributed by atoms with Gasteiger partial charge in [0.1, 0.15) is 0 Å². The summed E-state index contributed by atoms with van der Waals surface area (Å²) in [5.41, 5.74) is 2.90. The maximum Gasteiger partial charge on any atom is 0.0710 e. The fraction of sp³-hybridized carbons (Fsp3) is 1.00. The summed E-state index contributed by atoms with van der Waals surface area (Å²) in [5, 5.41) is 0. The predicted octanol–water partition coefficient (Wildman–Crippen LogP) is 2.11. The Balaban J connectivity index is 1.96. The molecule has 1 aliphatic carbocycles. The van der Waals surface area contributed by atoms with Crippen LogP contribution < -0.4 is 5.48 Å². The van der Waals surface area contributed by atoms with E-state index in [2.05, 4.69) is 12.4 Å². The summed E-state index contributed by atoms with van der Waals surface area (Å²) in [7, 11) is 0. The Morgan fingerprint density at radius 2 is 2.00 bits per heavy atom. The molecule has 0 spiro atoms. The molecule has 0 aromatic heterocycles. The molecule has 2 nitrogen and oxygen atoms in total. The molecule has 0 atom stereocenters. The Kier molecular flexibility index (Phi) is 4.55. The van der Waals surface area contributed by atoms with E-state index in [9.17, 15) is 0 Å². The zero-order valence-corrected chi connectivity index (χ0v) is 7.44. The van der Waals surface area contributed by atoms with E-state index in [-0.39, 0.29) is 0 Å². The van der Waals surface area contributed by atoms with E-state index < -0.39 is 0 Å². The second kappa shape index (κ2) is 5.56. The number of nitrogens with one attached hydrogen (secondary N) is 1. The van der Waals surface area contributed by atoms with Gasteiger partial charge in [0, 0.05) is 6.54 Å². The van der Waals surface area contributed by atoms with Crippen LogP contribution in [0, 0.1) is 5.92 Å². The maximum atomic E-state index is 5.27. The number of rotatable bonds is 4. The molecule has 1 rings (SSSR count). The van der Waals surface area contributed by atoms with Gasteiger partial charge in [-0.15, -0.1) is 0 Å². The highest BCUT2D eigenvalue weighted by molar-refractivity contribution is 4.64. The lowest BCUT2D eigenvalue weighted by Crippen LogP contribution is -2.21. The molecule has 0 bridgehead atoms. The van der Waals surface area contributed by atoms with Gasteiger partial charge in [0.25, 0.3) is 0 Å². The van der Waals surface area contributed by atoms with E-state index >= 15 is 0 Å². The Hall–Kier alpha value is -0.0800. The second-order valence-corrected chi connectivity index (χ2v) is 3.31. The Bertz CT molecular complexity index is 89.6. The van der Waals surface area contributed by atoms with Crippen molar-refractivity contribution >= 4 is 0 Å². The third-order valence-electron chi connectivity index (χ3n) is 2.29. The minimum absolute atomic E-state index is 0.822. The van der Waals surface area contributed by atoms with Gasteiger partial charge in [-0.05, 0) is 18.8 Å². The van der Waals surface area contributed by atoms with Gasteiger partial charge in [0.05, 0.1) is 6.61 Å².